The van der Waals surface area contributed by atoms with Crippen molar-refractivity contribution in [3.8, 4) is 6.07 Å². The highest BCUT2D eigenvalue weighted by molar-refractivity contribution is 5.91. The number of carboxylic acid groups (broad SMARTS) is 1. The molecule has 1 aromatic rings. The van der Waals surface area contributed by atoms with Gasteiger partial charge in [0.2, 0.25) is 5.91 Å². The Morgan fingerprint density at radius 1 is 1.14 bits per heavy atom. The number of carbonyl (C=O) groups is 2. The first-order valence-corrected chi connectivity index (χ1v) is 7.09. The number of amides is 1. The number of hydrogen-bond acceptors (Lipinski definition) is 3. The molecule has 0 saturated carbocycles. The van der Waals surface area contributed by atoms with Crippen LogP contribution in [0.5, 0.6) is 0 Å². The number of rotatable bonds is 6. The van der Waals surface area contributed by atoms with E-state index in [0.717, 1.165) is 5.56 Å². The maximum Gasteiger partial charge on any atom is 0.303 e. The monoisotopic (exact) mass is 302 g/mol. The molecule has 0 atom stereocenters. The average Bonchev–Trinajstić information content (AvgIpc) is 2.36. The minimum atomic E-state index is -0.916. The average molecular weight is 302 g/mol. The fourth-order valence-electron chi connectivity index (χ4n) is 2.15. The highest BCUT2D eigenvalue weighted by atomic mass is 16.4. The summed E-state index contributed by atoms with van der Waals surface area (Å²) in [4.78, 5) is 22.7. The number of nitrogens with zero attached hydrogens (tertiary/aromatic N) is 1. The van der Waals surface area contributed by atoms with E-state index in [2.05, 4.69) is 11.4 Å². The second-order valence-corrected chi connectivity index (χ2v) is 6.77. The van der Waals surface area contributed by atoms with Gasteiger partial charge in [0.25, 0.3) is 0 Å². The summed E-state index contributed by atoms with van der Waals surface area (Å²) in [5, 5.41) is 20.7. The van der Waals surface area contributed by atoms with E-state index >= 15 is 0 Å². The molecule has 0 aliphatic rings. The molecular weight excluding hydrogens is 280 g/mol. The maximum atomic E-state index is 12.0. The molecule has 0 heterocycles. The van der Waals surface area contributed by atoms with Crippen molar-refractivity contribution in [2.24, 2.45) is 5.41 Å². The van der Waals surface area contributed by atoms with Crippen molar-refractivity contribution < 1.29 is 14.7 Å². The van der Waals surface area contributed by atoms with Gasteiger partial charge >= 0.3 is 5.97 Å². The number of benzene rings is 1. The Labute approximate surface area is 131 Å². The molecule has 0 unspecified atom stereocenters. The molecule has 5 nitrogen and oxygen atoms in total. The lowest BCUT2D eigenvalue weighted by atomic mass is 9.85. The first kappa shape index (κ1) is 17.7. The molecule has 1 amide bonds. The van der Waals surface area contributed by atoms with Gasteiger partial charge in [-0.25, -0.2) is 0 Å². The quantitative estimate of drug-likeness (QED) is 0.843. The number of aliphatic carboxylic acids is 1. The normalized spacial score (nSPS) is 11.6. The first-order chi connectivity index (χ1) is 10.1. The van der Waals surface area contributed by atoms with E-state index in [-0.39, 0.29) is 18.7 Å². The standard InChI is InChI=1S/C17H22N2O3/c1-16(2,10-15(21)22)9-14(20)19-13-7-5-12(6-8-13)17(3,4)11-18/h5-8H,9-10H2,1-4H3,(H,19,20)(H,21,22). The largest absolute Gasteiger partial charge is 0.481 e. The molecular formula is C17H22N2O3. The van der Waals surface area contributed by atoms with Gasteiger partial charge in [0.1, 0.15) is 0 Å². The van der Waals surface area contributed by atoms with Crippen LogP contribution in [-0.4, -0.2) is 17.0 Å². The summed E-state index contributed by atoms with van der Waals surface area (Å²) in [5.41, 5.74) is 0.331. The van der Waals surface area contributed by atoms with Gasteiger partial charge in [0.05, 0.1) is 17.9 Å². The van der Waals surface area contributed by atoms with Gasteiger partial charge in [-0.15, -0.1) is 0 Å². The highest BCUT2D eigenvalue weighted by Crippen LogP contribution is 2.26. The summed E-state index contributed by atoms with van der Waals surface area (Å²) in [6, 6.07) is 9.33. The third-order valence-corrected chi connectivity index (χ3v) is 3.44. The van der Waals surface area contributed by atoms with Gasteiger partial charge in [-0.05, 0) is 37.0 Å². The summed E-state index contributed by atoms with van der Waals surface area (Å²) in [7, 11) is 0. The van der Waals surface area contributed by atoms with Crippen LogP contribution in [0.1, 0.15) is 46.1 Å². The summed E-state index contributed by atoms with van der Waals surface area (Å²) in [6.07, 6.45) is 0.0699. The lowest BCUT2D eigenvalue weighted by Gasteiger charge is -2.21. The van der Waals surface area contributed by atoms with Crippen LogP contribution in [0.3, 0.4) is 0 Å². The van der Waals surface area contributed by atoms with Gasteiger partial charge in [0.15, 0.2) is 0 Å². The van der Waals surface area contributed by atoms with E-state index in [1.807, 2.05) is 13.8 Å². The van der Waals surface area contributed by atoms with Crippen molar-refractivity contribution in [1.29, 1.82) is 5.26 Å². The van der Waals surface area contributed by atoms with Gasteiger partial charge < -0.3 is 10.4 Å². The lowest BCUT2D eigenvalue weighted by molar-refractivity contribution is -0.139. The number of carbonyl (C=O) groups excluding carboxylic acids is 1. The van der Waals surface area contributed by atoms with Crippen LogP contribution in [0.25, 0.3) is 0 Å². The zero-order chi connectivity index (χ0) is 17.0. The molecule has 22 heavy (non-hydrogen) atoms. The Hall–Kier alpha value is -2.35. The van der Waals surface area contributed by atoms with Gasteiger partial charge in [-0.1, -0.05) is 26.0 Å². The van der Waals surface area contributed by atoms with Crippen LogP contribution in [0.15, 0.2) is 24.3 Å². The van der Waals surface area contributed by atoms with E-state index in [4.69, 9.17) is 10.4 Å². The number of nitrogens with one attached hydrogen (secondary N) is 1. The molecule has 5 heteroatoms. The van der Waals surface area contributed by atoms with Gasteiger partial charge in [-0.3, -0.25) is 9.59 Å². The molecule has 0 fully saturated rings. The van der Waals surface area contributed by atoms with Crippen molar-refractivity contribution in [2.75, 3.05) is 5.32 Å². The van der Waals surface area contributed by atoms with Gasteiger partial charge in [-0.2, -0.15) is 5.26 Å². The molecule has 0 spiro atoms. The van der Waals surface area contributed by atoms with Crippen molar-refractivity contribution in [3.63, 3.8) is 0 Å². The second-order valence-electron chi connectivity index (χ2n) is 6.77. The molecule has 118 valence electrons. The third kappa shape index (κ3) is 5.21. The fraction of sp³-hybridized carbons (Fsp3) is 0.471. The predicted molar refractivity (Wildman–Crippen MR) is 84.4 cm³/mol. The van der Waals surface area contributed by atoms with E-state index in [1.165, 1.54) is 0 Å². The minimum absolute atomic E-state index is 0.0598. The van der Waals surface area contributed by atoms with Crippen LogP contribution in [0.2, 0.25) is 0 Å². The Bertz CT molecular complexity index is 595. The summed E-state index contributed by atoms with van der Waals surface area (Å²) in [6.45, 7) is 7.16. The zero-order valence-electron chi connectivity index (χ0n) is 13.4. The molecule has 0 aliphatic heterocycles. The number of nitriles is 1. The van der Waals surface area contributed by atoms with Crippen molar-refractivity contribution >= 4 is 17.6 Å². The van der Waals surface area contributed by atoms with E-state index < -0.39 is 16.8 Å². The van der Waals surface area contributed by atoms with Crippen LogP contribution in [0.4, 0.5) is 5.69 Å². The predicted octanol–water partition coefficient (Wildman–Crippen LogP) is 3.32. The summed E-state index contributed by atoms with van der Waals surface area (Å²) in [5.74, 6) is -1.14. The fourth-order valence-corrected chi connectivity index (χ4v) is 2.15. The SMILES string of the molecule is CC(C)(CC(=O)O)CC(=O)Nc1ccc(C(C)(C)C#N)cc1. The second kappa shape index (κ2) is 6.61. The summed E-state index contributed by atoms with van der Waals surface area (Å²) < 4.78 is 0. The maximum absolute atomic E-state index is 12.0. The smallest absolute Gasteiger partial charge is 0.303 e. The molecule has 1 rings (SSSR count). The molecule has 0 aromatic heterocycles. The van der Waals surface area contributed by atoms with Gasteiger partial charge in [0, 0.05) is 12.1 Å². The topological polar surface area (TPSA) is 90.2 Å². The van der Waals surface area contributed by atoms with Crippen LogP contribution < -0.4 is 5.32 Å². The minimum Gasteiger partial charge on any atom is -0.481 e. The van der Waals surface area contributed by atoms with E-state index in [1.54, 1.807) is 38.1 Å². The molecule has 0 aliphatic carbocycles. The first-order valence-electron chi connectivity index (χ1n) is 7.09. The third-order valence-electron chi connectivity index (χ3n) is 3.44. The van der Waals surface area contributed by atoms with Crippen molar-refractivity contribution in [3.05, 3.63) is 29.8 Å². The molecule has 0 bridgehead atoms. The Morgan fingerprint density at radius 2 is 1.68 bits per heavy atom. The molecule has 2 N–H and O–H groups in total. The van der Waals surface area contributed by atoms with Crippen molar-refractivity contribution in [1.82, 2.24) is 0 Å². The summed E-state index contributed by atoms with van der Waals surface area (Å²) >= 11 is 0. The van der Waals surface area contributed by atoms with Crippen LogP contribution in [0, 0.1) is 16.7 Å². The highest BCUT2D eigenvalue weighted by Gasteiger charge is 2.25. The Balaban J connectivity index is 2.70. The zero-order valence-corrected chi connectivity index (χ0v) is 13.4. The molecule has 1 aromatic carbocycles. The van der Waals surface area contributed by atoms with E-state index in [9.17, 15) is 9.59 Å². The number of anilines is 1. The van der Waals surface area contributed by atoms with Crippen LogP contribution >= 0.6 is 0 Å². The van der Waals surface area contributed by atoms with Crippen molar-refractivity contribution in [2.45, 2.75) is 46.0 Å². The van der Waals surface area contributed by atoms with Crippen LogP contribution in [-0.2, 0) is 15.0 Å². The molecule has 0 saturated heterocycles. The Morgan fingerprint density at radius 3 is 2.14 bits per heavy atom. The lowest BCUT2D eigenvalue weighted by Crippen LogP contribution is -2.24. The number of carboxylic acids is 1. The Kier molecular flexibility index (Phi) is 5.32. The molecule has 0 radical (unpaired) electrons. The van der Waals surface area contributed by atoms with E-state index in [0.29, 0.717) is 5.69 Å². The number of hydrogen-bond donors (Lipinski definition) is 2.